The van der Waals surface area contributed by atoms with Crippen molar-refractivity contribution >= 4 is 55.1 Å². The standard InChI is InChI=1S/C12H15BrN6O.C11H13BrN6O/c13-9-10(14)16-12(19-6-2-4-15-19)17-11(9)18-5-1-3-8(18)7-20;12-8-9(13)15-11(18-4-1-3-14-18)16-10(8)17-5-2-7(19)6-17/h2,4,6,8,20H,1,3,5,7H2,(H2,14,16,17);1,3-4,7,19H,2,5-6H2,(H2,13,15,16). The molecule has 6 N–H and O–H groups in total. The number of hydrogen-bond acceptors (Lipinski definition) is 12. The average Bonchev–Trinajstić information content (AvgIpc) is 3.75. The zero-order chi connectivity index (χ0) is 27.5. The Bertz CT molecular complexity index is 1400. The van der Waals surface area contributed by atoms with Gasteiger partial charge in [-0.15, -0.1) is 0 Å². The van der Waals surface area contributed by atoms with Gasteiger partial charge in [0.15, 0.2) is 11.6 Å². The molecule has 0 aliphatic carbocycles. The van der Waals surface area contributed by atoms with Crippen LogP contribution in [-0.4, -0.2) is 88.1 Å². The molecule has 2 fully saturated rings. The van der Waals surface area contributed by atoms with Crippen LogP contribution in [0.2, 0.25) is 0 Å². The van der Waals surface area contributed by atoms with Gasteiger partial charge in [-0.25, -0.2) is 9.36 Å². The Morgan fingerprint density at radius 2 is 1.44 bits per heavy atom. The topological polar surface area (TPSA) is 186 Å². The molecular weight excluding hydrogens is 636 g/mol. The number of halogens is 2. The molecule has 2 unspecified atom stereocenters. The first kappa shape index (κ1) is 27.2. The van der Waals surface area contributed by atoms with Crippen molar-refractivity contribution in [1.29, 1.82) is 0 Å². The first-order chi connectivity index (χ1) is 18.9. The van der Waals surface area contributed by atoms with Crippen molar-refractivity contribution < 1.29 is 10.2 Å². The summed E-state index contributed by atoms with van der Waals surface area (Å²) in [6, 6.07) is 3.67. The monoisotopic (exact) mass is 662 g/mol. The van der Waals surface area contributed by atoms with Gasteiger partial charge in [-0.05, 0) is 63.3 Å². The summed E-state index contributed by atoms with van der Waals surface area (Å²) in [5.41, 5.74) is 11.9. The van der Waals surface area contributed by atoms with E-state index in [-0.39, 0.29) is 18.8 Å². The third-order valence-corrected chi connectivity index (χ3v) is 7.96. The summed E-state index contributed by atoms with van der Waals surface area (Å²) in [4.78, 5) is 21.5. The van der Waals surface area contributed by atoms with Gasteiger partial charge in [0, 0.05) is 44.4 Å². The Hall–Kier alpha value is -3.34. The molecule has 0 amide bonds. The lowest BCUT2D eigenvalue weighted by atomic mass is 10.2. The quantitative estimate of drug-likeness (QED) is 0.242. The SMILES string of the molecule is Nc1nc(-n2cccn2)nc(N2CCC(O)C2)c1Br.Nc1nc(-n2cccn2)nc(N2CCCC2CO)c1Br. The van der Waals surface area contributed by atoms with Crippen LogP contribution in [0.1, 0.15) is 19.3 Å². The summed E-state index contributed by atoms with van der Waals surface area (Å²) in [6.45, 7) is 2.24. The molecule has 4 aromatic rings. The van der Waals surface area contributed by atoms with Crippen LogP contribution in [0.5, 0.6) is 0 Å². The lowest BCUT2D eigenvalue weighted by Gasteiger charge is -2.25. The molecule has 0 spiro atoms. The lowest BCUT2D eigenvalue weighted by Crippen LogP contribution is -2.33. The summed E-state index contributed by atoms with van der Waals surface area (Å²) in [7, 11) is 0. The van der Waals surface area contributed by atoms with Gasteiger partial charge in [0.05, 0.1) is 18.8 Å². The number of nitrogen functional groups attached to an aromatic ring is 2. The molecule has 0 bridgehead atoms. The third-order valence-electron chi connectivity index (χ3n) is 6.44. The minimum atomic E-state index is -0.323. The zero-order valence-electron chi connectivity index (χ0n) is 20.8. The number of aliphatic hydroxyl groups excluding tert-OH is 2. The Balaban J connectivity index is 0.000000158. The van der Waals surface area contributed by atoms with E-state index in [4.69, 9.17) is 11.5 Å². The molecule has 2 aliphatic heterocycles. The highest BCUT2D eigenvalue weighted by molar-refractivity contribution is 9.11. The van der Waals surface area contributed by atoms with E-state index in [1.807, 2.05) is 4.90 Å². The number of β-amino-alcohol motifs (C(OH)–C–C–N with tert-alkyl or cyclic N) is 1. The summed E-state index contributed by atoms with van der Waals surface area (Å²) in [5.74, 6) is 2.96. The van der Waals surface area contributed by atoms with E-state index in [9.17, 15) is 10.2 Å². The largest absolute Gasteiger partial charge is 0.394 e. The average molecular weight is 664 g/mol. The molecule has 4 aromatic heterocycles. The van der Waals surface area contributed by atoms with E-state index in [0.717, 1.165) is 32.4 Å². The van der Waals surface area contributed by atoms with Gasteiger partial charge in [0.2, 0.25) is 0 Å². The molecule has 0 aromatic carbocycles. The molecule has 14 nitrogen and oxygen atoms in total. The Morgan fingerprint density at radius 1 is 0.846 bits per heavy atom. The minimum Gasteiger partial charge on any atom is -0.394 e. The van der Waals surface area contributed by atoms with Crippen LogP contribution in [0.15, 0.2) is 45.9 Å². The Labute approximate surface area is 240 Å². The van der Waals surface area contributed by atoms with Crippen LogP contribution >= 0.6 is 31.9 Å². The highest BCUT2D eigenvalue weighted by Gasteiger charge is 2.28. The van der Waals surface area contributed by atoms with Crippen LogP contribution in [0.4, 0.5) is 23.3 Å². The predicted molar refractivity (Wildman–Crippen MR) is 153 cm³/mol. The first-order valence-corrected chi connectivity index (χ1v) is 13.9. The van der Waals surface area contributed by atoms with Crippen molar-refractivity contribution in [2.45, 2.75) is 31.4 Å². The second-order valence-corrected chi connectivity index (χ2v) is 10.6. The van der Waals surface area contributed by atoms with Gasteiger partial charge in [0.25, 0.3) is 11.9 Å². The van der Waals surface area contributed by atoms with E-state index in [1.54, 1.807) is 46.3 Å². The van der Waals surface area contributed by atoms with E-state index in [0.29, 0.717) is 50.7 Å². The van der Waals surface area contributed by atoms with Gasteiger partial charge in [-0.2, -0.15) is 30.1 Å². The smallest absolute Gasteiger partial charge is 0.254 e. The third kappa shape index (κ3) is 5.83. The van der Waals surface area contributed by atoms with Gasteiger partial charge in [-0.1, -0.05) is 0 Å². The van der Waals surface area contributed by atoms with E-state index in [2.05, 4.69) is 66.9 Å². The molecule has 0 radical (unpaired) electrons. The fraction of sp³-hybridized carbons (Fsp3) is 0.391. The van der Waals surface area contributed by atoms with Gasteiger partial charge in [0.1, 0.15) is 20.6 Å². The van der Waals surface area contributed by atoms with Crippen molar-refractivity contribution in [3.8, 4) is 11.9 Å². The van der Waals surface area contributed by atoms with Crippen LogP contribution < -0.4 is 21.3 Å². The molecule has 2 aliphatic rings. The Morgan fingerprint density at radius 3 is 1.95 bits per heavy atom. The van der Waals surface area contributed by atoms with Crippen LogP contribution in [0, 0.1) is 0 Å². The van der Waals surface area contributed by atoms with E-state index < -0.39 is 0 Å². The number of hydrogen-bond donors (Lipinski definition) is 4. The van der Waals surface area contributed by atoms with Crippen LogP contribution in [0.3, 0.4) is 0 Å². The van der Waals surface area contributed by atoms with E-state index >= 15 is 0 Å². The molecule has 2 atom stereocenters. The number of anilines is 4. The zero-order valence-corrected chi connectivity index (χ0v) is 24.0. The summed E-state index contributed by atoms with van der Waals surface area (Å²) in [5, 5.41) is 27.3. The van der Waals surface area contributed by atoms with Crippen molar-refractivity contribution in [2.75, 3.05) is 47.5 Å². The number of nitrogens with zero attached hydrogens (tertiary/aromatic N) is 10. The lowest BCUT2D eigenvalue weighted by molar-refractivity contribution is 0.198. The molecular formula is C23H28Br2N12O2. The molecule has 6 rings (SSSR count). The fourth-order valence-corrected chi connectivity index (χ4v) is 5.33. The maximum atomic E-state index is 9.63. The van der Waals surface area contributed by atoms with E-state index in [1.165, 1.54) is 0 Å². The number of aromatic nitrogens is 8. The number of nitrogens with two attached hydrogens (primary N) is 2. The maximum absolute atomic E-state index is 9.63. The molecule has 2 saturated heterocycles. The van der Waals surface area contributed by atoms with Crippen molar-refractivity contribution in [1.82, 2.24) is 39.5 Å². The van der Waals surface area contributed by atoms with Crippen molar-refractivity contribution in [2.24, 2.45) is 0 Å². The fourth-order valence-electron chi connectivity index (χ4n) is 4.50. The van der Waals surface area contributed by atoms with Crippen LogP contribution in [-0.2, 0) is 0 Å². The molecule has 0 saturated carbocycles. The van der Waals surface area contributed by atoms with Gasteiger partial charge < -0.3 is 31.5 Å². The van der Waals surface area contributed by atoms with Gasteiger partial charge in [-0.3, -0.25) is 0 Å². The van der Waals surface area contributed by atoms with Crippen molar-refractivity contribution in [3.05, 3.63) is 45.9 Å². The summed E-state index contributed by atoms with van der Waals surface area (Å²) >= 11 is 6.85. The summed E-state index contributed by atoms with van der Waals surface area (Å²) in [6.07, 6.45) is 9.21. The molecule has 16 heteroatoms. The van der Waals surface area contributed by atoms with Crippen LogP contribution in [0.25, 0.3) is 11.9 Å². The predicted octanol–water partition coefficient (Wildman–Crippen LogP) is 1.55. The van der Waals surface area contributed by atoms with Crippen molar-refractivity contribution in [3.63, 3.8) is 0 Å². The summed E-state index contributed by atoms with van der Waals surface area (Å²) < 4.78 is 4.43. The molecule has 39 heavy (non-hydrogen) atoms. The van der Waals surface area contributed by atoms with Gasteiger partial charge >= 0.3 is 0 Å². The maximum Gasteiger partial charge on any atom is 0.254 e. The first-order valence-electron chi connectivity index (χ1n) is 12.3. The normalized spacial score (nSPS) is 18.9. The second-order valence-electron chi connectivity index (χ2n) is 9.05. The minimum absolute atomic E-state index is 0.0751. The molecule has 6 heterocycles. The number of rotatable bonds is 5. The second kappa shape index (κ2) is 11.8. The number of aliphatic hydroxyl groups is 2. The molecule has 206 valence electrons. The highest BCUT2D eigenvalue weighted by Crippen LogP contribution is 2.34. The Kier molecular flexibility index (Phi) is 8.25. The highest BCUT2D eigenvalue weighted by atomic mass is 79.9.